The number of hydrogen-bond acceptors (Lipinski definition) is 7. The summed E-state index contributed by atoms with van der Waals surface area (Å²) in [6, 6.07) is 11.2. The van der Waals surface area contributed by atoms with Crippen molar-refractivity contribution in [2.24, 2.45) is 0 Å². The zero-order valence-electron chi connectivity index (χ0n) is 19.9. The Bertz CT molecular complexity index is 999. The smallest absolute Gasteiger partial charge is 0.336 e. The Balaban J connectivity index is 1.69. The number of carbonyl (C=O) groups is 1. The summed E-state index contributed by atoms with van der Waals surface area (Å²) < 4.78 is 5.53. The zero-order chi connectivity index (χ0) is 24.3. The second-order valence-corrected chi connectivity index (χ2v) is 10.1. The Morgan fingerprint density at radius 2 is 1.76 bits per heavy atom. The van der Waals surface area contributed by atoms with E-state index in [4.69, 9.17) is 4.74 Å². The van der Waals surface area contributed by atoms with Crippen LogP contribution in [0.1, 0.15) is 41.3 Å². The summed E-state index contributed by atoms with van der Waals surface area (Å²) in [7, 11) is 0. The van der Waals surface area contributed by atoms with E-state index in [1.807, 2.05) is 30.8 Å². The molecule has 2 fully saturated rings. The molecule has 2 heterocycles. The van der Waals surface area contributed by atoms with Crippen molar-refractivity contribution < 1.29 is 24.9 Å². The summed E-state index contributed by atoms with van der Waals surface area (Å²) in [4.78, 5) is 16.1. The average molecular weight is 487 g/mol. The van der Waals surface area contributed by atoms with Crippen molar-refractivity contribution in [2.45, 2.75) is 38.6 Å². The van der Waals surface area contributed by atoms with Crippen LogP contribution in [0, 0.1) is 6.92 Å². The van der Waals surface area contributed by atoms with E-state index in [0.29, 0.717) is 37.9 Å². The fraction of sp³-hybridized carbons (Fsp3) is 0.500. The van der Waals surface area contributed by atoms with Gasteiger partial charge in [0.1, 0.15) is 0 Å². The maximum absolute atomic E-state index is 12.1. The van der Waals surface area contributed by atoms with E-state index in [2.05, 4.69) is 17.9 Å². The molecule has 2 aromatic carbocycles. The maximum Gasteiger partial charge on any atom is 0.336 e. The molecule has 3 N–H and O–H groups in total. The van der Waals surface area contributed by atoms with Crippen molar-refractivity contribution in [3.05, 3.63) is 53.1 Å². The lowest BCUT2D eigenvalue weighted by atomic mass is 9.95. The SMILES string of the molecule is CCN(c1cc(-c2ccc(C(O)(O)N3CCSCC3)cc2)cc(C(=O)O)c1C)C1CCOCC1. The summed E-state index contributed by atoms with van der Waals surface area (Å²) in [6.45, 7) is 7.40. The molecule has 0 bridgehead atoms. The third-order valence-corrected chi connectivity index (χ3v) is 7.89. The van der Waals surface area contributed by atoms with Crippen LogP contribution in [-0.4, -0.2) is 76.6 Å². The molecule has 184 valence electrons. The third kappa shape index (κ3) is 5.11. The monoisotopic (exact) mass is 486 g/mol. The molecule has 2 aromatic rings. The zero-order valence-corrected chi connectivity index (χ0v) is 20.7. The third-order valence-electron chi connectivity index (χ3n) is 6.95. The molecule has 7 nitrogen and oxygen atoms in total. The minimum Gasteiger partial charge on any atom is -0.478 e. The van der Waals surface area contributed by atoms with Crippen LogP contribution < -0.4 is 4.90 Å². The molecule has 0 atom stereocenters. The first-order chi connectivity index (χ1) is 16.3. The number of rotatable bonds is 7. The summed E-state index contributed by atoms with van der Waals surface area (Å²) in [5.74, 6) is -1.24. The van der Waals surface area contributed by atoms with Gasteiger partial charge in [0.2, 0.25) is 0 Å². The number of benzene rings is 2. The fourth-order valence-electron chi connectivity index (χ4n) is 4.95. The van der Waals surface area contributed by atoms with Crippen molar-refractivity contribution >= 4 is 23.4 Å². The van der Waals surface area contributed by atoms with Gasteiger partial charge in [-0.05, 0) is 55.5 Å². The number of aromatic carboxylic acids is 1. The number of carboxylic acids is 1. The largest absolute Gasteiger partial charge is 0.478 e. The van der Waals surface area contributed by atoms with Crippen LogP contribution in [0.15, 0.2) is 36.4 Å². The second-order valence-electron chi connectivity index (χ2n) is 8.91. The summed E-state index contributed by atoms with van der Waals surface area (Å²) in [5, 5.41) is 31.5. The van der Waals surface area contributed by atoms with E-state index >= 15 is 0 Å². The van der Waals surface area contributed by atoms with Crippen LogP contribution in [-0.2, 0) is 10.6 Å². The normalized spacial score (nSPS) is 18.1. The highest BCUT2D eigenvalue weighted by Crippen LogP contribution is 2.35. The Labute approximate surface area is 205 Å². The van der Waals surface area contributed by atoms with Gasteiger partial charge in [-0.2, -0.15) is 11.8 Å². The molecule has 0 spiro atoms. The van der Waals surface area contributed by atoms with Crippen molar-refractivity contribution in [3.63, 3.8) is 0 Å². The number of thioether (sulfide) groups is 1. The molecule has 4 rings (SSSR count). The minimum absolute atomic E-state index is 0.284. The van der Waals surface area contributed by atoms with Crippen molar-refractivity contribution in [3.8, 4) is 11.1 Å². The van der Waals surface area contributed by atoms with E-state index in [9.17, 15) is 20.1 Å². The number of hydrogen-bond donors (Lipinski definition) is 3. The second kappa shape index (κ2) is 10.7. The number of ether oxygens (including phenoxy) is 1. The molecule has 8 heteroatoms. The van der Waals surface area contributed by atoms with E-state index in [1.165, 1.54) is 0 Å². The predicted octanol–water partition coefficient (Wildman–Crippen LogP) is 3.51. The van der Waals surface area contributed by atoms with Gasteiger partial charge in [-0.25, -0.2) is 9.69 Å². The lowest BCUT2D eigenvalue weighted by molar-refractivity contribution is -0.273. The van der Waals surface area contributed by atoms with Gasteiger partial charge in [0.15, 0.2) is 0 Å². The molecule has 0 radical (unpaired) electrons. The summed E-state index contributed by atoms with van der Waals surface area (Å²) >= 11 is 1.81. The van der Waals surface area contributed by atoms with Crippen LogP contribution in [0.25, 0.3) is 11.1 Å². The summed E-state index contributed by atoms with van der Waals surface area (Å²) in [5.41, 5.74) is 4.01. The first kappa shape index (κ1) is 25.0. The molecule has 2 aliphatic heterocycles. The van der Waals surface area contributed by atoms with E-state index in [1.54, 1.807) is 23.1 Å². The van der Waals surface area contributed by atoms with Gasteiger partial charge in [-0.15, -0.1) is 0 Å². The number of carboxylic acid groups (broad SMARTS) is 1. The molecule has 0 amide bonds. The van der Waals surface area contributed by atoms with Crippen LogP contribution >= 0.6 is 11.8 Å². The standard InChI is InChI=1S/C26H34N2O5S/c1-3-28(22-8-12-33-13-9-22)24-17-20(16-23(18(24)2)25(29)30)19-4-6-21(7-5-19)26(31,32)27-10-14-34-15-11-27/h4-7,16-17,22,31-32H,3,8-15H2,1-2H3,(H,29,30). The number of anilines is 1. The van der Waals surface area contributed by atoms with Crippen molar-refractivity contribution in [2.75, 3.05) is 49.3 Å². The van der Waals surface area contributed by atoms with Gasteiger partial charge < -0.3 is 25.0 Å². The Kier molecular flexibility index (Phi) is 7.84. The highest BCUT2D eigenvalue weighted by atomic mass is 32.2. The van der Waals surface area contributed by atoms with Gasteiger partial charge in [-0.3, -0.25) is 0 Å². The lowest BCUT2D eigenvalue weighted by Crippen LogP contribution is -2.49. The molecule has 34 heavy (non-hydrogen) atoms. The topological polar surface area (TPSA) is 93.5 Å². The molecule has 0 aliphatic carbocycles. The lowest BCUT2D eigenvalue weighted by Gasteiger charge is -2.37. The molecule has 2 saturated heterocycles. The first-order valence-electron chi connectivity index (χ1n) is 11.9. The Morgan fingerprint density at radius 1 is 1.12 bits per heavy atom. The van der Waals surface area contributed by atoms with Crippen LogP contribution in [0.4, 0.5) is 5.69 Å². The molecule has 0 unspecified atom stereocenters. The fourth-order valence-corrected chi connectivity index (χ4v) is 5.86. The molecule has 2 aliphatic rings. The molecular formula is C26H34N2O5S. The van der Waals surface area contributed by atoms with Gasteiger partial charge in [-0.1, -0.05) is 24.3 Å². The van der Waals surface area contributed by atoms with E-state index in [0.717, 1.165) is 53.3 Å². The summed E-state index contributed by atoms with van der Waals surface area (Å²) in [6.07, 6.45) is 1.83. The Morgan fingerprint density at radius 3 is 2.35 bits per heavy atom. The van der Waals surface area contributed by atoms with Crippen LogP contribution in [0.3, 0.4) is 0 Å². The molecular weight excluding hydrogens is 452 g/mol. The van der Waals surface area contributed by atoms with E-state index < -0.39 is 11.9 Å². The number of aliphatic hydroxyl groups is 2. The van der Waals surface area contributed by atoms with Crippen molar-refractivity contribution in [1.82, 2.24) is 4.90 Å². The predicted molar refractivity (Wildman–Crippen MR) is 135 cm³/mol. The van der Waals surface area contributed by atoms with Crippen LogP contribution in [0.5, 0.6) is 0 Å². The minimum atomic E-state index is -2.02. The number of nitrogens with zero attached hydrogens (tertiary/aromatic N) is 2. The van der Waals surface area contributed by atoms with Crippen molar-refractivity contribution in [1.29, 1.82) is 0 Å². The van der Waals surface area contributed by atoms with Gasteiger partial charge in [0, 0.05) is 61.6 Å². The molecule has 0 saturated carbocycles. The molecule has 0 aromatic heterocycles. The Hall–Kier alpha value is -2.10. The van der Waals surface area contributed by atoms with E-state index in [-0.39, 0.29) is 5.56 Å². The van der Waals surface area contributed by atoms with Gasteiger partial charge in [0.25, 0.3) is 5.91 Å². The first-order valence-corrected chi connectivity index (χ1v) is 13.1. The van der Waals surface area contributed by atoms with Crippen LogP contribution in [0.2, 0.25) is 0 Å². The quantitative estimate of drug-likeness (QED) is 0.512. The van der Waals surface area contributed by atoms with Gasteiger partial charge in [0.05, 0.1) is 5.56 Å². The highest BCUT2D eigenvalue weighted by Gasteiger charge is 2.35. The maximum atomic E-state index is 12.1. The average Bonchev–Trinajstić information content (AvgIpc) is 2.86. The highest BCUT2D eigenvalue weighted by molar-refractivity contribution is 7.99. The van der Waals surface area contributed by atoms with Gasteiger partial charge >= 0.3 is 5.97 Å².